The lowest BCUT2D eigenvalue weighted by Gasteiger charge is -2.23. The van der Waals surface area contributed by atoms with Gasteiger partial charge in [0.15, 0.2) is 0 Å². The molecular formula is C20H21NO2. The summed E-state index contributed by atoms with van der Waals surface area (Å²) in [6.07, 6.45) is 3.60. The van der Waals surface area contributed by atoms with E-state index in [2.05, 4.69) is 13.2 Å². The van der Waals surface area contributed by atoms with Crippen LogP contribution in [-0.4, -0.2) is 19.1 Å². The summed E-state index contributed by atoms with van der Waals surface area (Å²) >= 11 is 0. The van der Waals surface area contributed by atoms with Crippen LogP contribution >= 0.6 is 0 Å². The molecule has 0 fully saturated rings. The highest BCUT2D eigenvalue weighted by Gasteiger charge is 2.16. The Labute approximate surface area is 137 Å². The molecule has 0 saturated carbocycles. The molecule has 2 aromatic carbocycles. The Bertz CT molecular complexity index is 654. The first kappa shape index (κ1) is 16.6. The third-order valence-electron chi connectivity index (χ3n) is 3.38. The van der Waals surface area contributed by atoms with Gasteiger partial charge in [0, 0.05) is 13.1 Å². The molecule has 23 heavy (non-hydrogen) atoms. The molecule has 0 spiro atoms. The quantitative estimate of drug-likeness (QED) is 0.540. The number of carbonyl (C=O) groups is 1. The minimum Gasteiger partial charge on any atom is -0.457 e. The van der Waals surface area contributed by atoms with E-state index < -0.39 is 0 Å². The SMILES string of the molecule is C=CCN(CC=C)c1ccccc1C(=O)OCc1ccccc1. The fourth-order valence-electron chi connectivity index (χ4n) is 2.31. The molecule has 3 nitrogen and oxygen atoms in total. The summed E-state index contributed by atoms with van der Waals surface area (Å²) in [7, 11) is 0. The standard InChI is InChI=1S/C20H21NO2/c1-3-14-21(15-4-2)19-13-9-8-12-18(19)20(22)23-16-17-10-6-5-7-11-17/h3-13H,1-2,14-16H2. The summed E-state index contributed by atoms with van der Waals surface area (Å²) in [4.78, 5) is 14.5. The maximum Gasteiger partial charge on any atom is 0.340 e. The summed E-state index contributed by atoms with van der Waals surface area (Å²) in [5.74, 6) is -0.331. The van der Waals surface area contributed by atoms with Crippen molar-refractivity contribution in [2.24, 2.45) is 0 Å². The maximum absolute atomic E-state index is 12.5. The van der Waals surface area contributed by atoms with Crippen molar-refractivity contribution < 1.29 is 9.53 Å². The van der Waals surface area contributed by atoms with Crippen molar-refractivity contribution in [3.8, 4) is 0 Å². The molecule has 2 aromatic rings. The van der Waals surface area contributed by atoms with E-state index >= 15 is 0 Å². The van der Waals surface area contributed by atoms with Gasteiger partial charge in [0.25, 0.3) is 0 Å². The predicted octanol–water partition coefficient (Wildman–Crippen LogP) is 4.22. The van der Waals surface area contributed by atoms with Gasteiger partial charge in [0.2, 0.25) is 0 Å². The molecule has 0 bridgehead atoms. The molecule has 0 heterocycles. The number of benzene rings is 2. The van der Waals surface area contributed by atoms with Crippen molar-refractivity contribution in [2.45, 2.75) is 6.61 Å². The highest BCUT2D eigenvalue weighted by molar-refractivity contribution is 5.96. The Morgan fingerprint density at radius 3 is 2.22 bits per heavy atom. The zero-order valence-electron chi connectivity index (χ0n) is 13.2. The van der Waals surface area contributed by atoms with Gasteiger partial charge in [-0.25, -0.2) is 4.79 Å². The van der Waals surface area contributed by atoms with Crippen LogP contribution < -0.4 is 4.90 Å². The molecule has 0 aromatic heterocycles. The number of rotatable bonds is 8. The Morgan fingerprint density at radius 1 is 0.957 bits per heavy atom. The molecule has 118 valence electrons. The van der Waals surface area contributed by atoms with Crippen molar-refractivity contribution >= 4 is 11.7 Å². The van der Waals surface area contributed by atoms with Gasteiger partial charge in [-0.05, 0) is 17.7 Å². The van der Waals surface area contributed by atoms with Crippen LogP contribution in [0.2, 0.25) is 0 Å². The molecule has 0 amide bonds. The Morgan fingerprint density at radius 2 is 1.57 bits per heavy atom. The van der Waals surface area contributed by atoms with Crippen molar-refractivity contribution in [3.63, 3.8) is 0 Å². The number of anilines is 1. The second-order valence-corrected chi connectivity index (χ2v) is 5.06. The highest BCUT2D eigenvalue weighted by Crippen LogP contribution is 2.22. The van der Waals surface area contributed by atoms with E-state index in [1.54, 1.807) is 18.2 Å². The largest absolute Gasteiger partial charge is 0.457 e. The molecule has 2 rings (SSSR count). The predicted molar refractivity (Wildman–Crippen MR) is 94.6 cm³/mol. The fraction of sp³-hybridized carbons (Fsp3) is 0.150. The van der Waals surface area contributed by atoms with Crippen molar-refractivity contribution in [2.75, 3.05) is 18.0 Å². The third-order valence-corrected chi connectivity index (χ3v) is 3.38. The number of para-hydroxylation sites is 1. The minimum atomic E-state index is -0.331. The number of hydrogen-bond donors (Lipinski definition) is 0. The van der Waals surface area contributed by atoms with E-state index in [4.69, 9.17) is 4.74 Å². The van der Waals surface area contributed by atoms with Gasteiger partial charge in [-0.1, -0.05) is 54.6 Å². The van der Waals surface area contributed by atoms with Gasteiger partial charge in [-0.3, -0.25) is 0 Å². The Balaban J connectivity index is 2.16. The van der Waals surface area contributed by atoms with Gasteiger partial charge >= 0.3 is 5.97 Å². The van der Waals surface area contributed by atoms with E-state index in [0.29, 0.717) is 18.7 Å². The van der Waals surface area contributed by atoms with Crippen molar-refractivity contribution in [1.82, 2.24) is 0 Å². The average Bonchev–Trinajstić information content (AvgIpc) is 2.60. The van der Waals surface area contributed by atoms with Gasteiger partial charge < -0.3 is 9.64 Å². The number of carbonyl (C=O) groups excluding carboxylic acids is 1. The van der Waals surface area contributed by atoms with Crippen molar-refractivity contribution in [1.29, 1.82) is 0 Å². The first-order chi connectivity index (χ1) is 11.3. The summed E-state index contributed by atoms with van der Waals surface area (Å²) in [5.41, 5.74) is 2.34. The van der Waals surface area contributed by atoms with Crippen LogP contribution in [0.5, 0.6) is 0 Å². The van der Waals surface area contributed by atoms with Gasteiger partial charge in [0.1, 0.15) is 6.61 Å². The van der Waals surface area contributed by atoms with Crippen LogP contribution in [0.15, 0.2) is 79.9 Å². The van der Waals surface area contributed by atoms with E-state index in [0.717, 1.165) is 11.3 Å². The number of nitrogens with zero attached hydrogens (tertiary/aromatic N) is 1. The zero-order chi connectivity index (χ0) is 16.5. The fourth-order valence-corrected chi connectivity index (χ4v) is 2.31. The van der Waals surface area contributed by atoms with Gasteiger partial charge in [-0.15, -0.1) is 13.2 Å². The van der Waals surface area contributed by atoms with Crippen LogP contribution in [0.3, 0.4) is 0 Å². The Hall–Kier alpha value is -2.81. The van der Waals surface area contributed by atoms with Gasteiger partial charge in [-0.2, -0.15) is 0 Å². The van der Waals surface area contributed by atoms with Crippen molar-refractivity contribution in [3.05, 3.63) is 91.0 Å². The number of hydrogen-bond acceptors (Lipinski definition) is 3. The third kappa shape index (κ3) is 4.58. The monoisotopic (exact) mass is 307 g/mol. The van der Waals surface area contributed by atoms with Crippen LogP contribution in [0.25, 0.3) is 0 Å². The molecule has 0 N–H and O–H groups in total. The lowest BCUT2D eigenvalue weighted by molar-refractivity contribution is 0.0473. The van der Waals surface area contributed by atoms with Crippen LogP contribution in [0, 0.1) is 0 Å². The molecule has 0 aliphatic rings. The number of ether oxygens (including phenoxy) is 1. The molecule has 0 saturated heterocycles. The summed E-state index contributed by atoms with van der Waals surface area (Å²) in [6, 6.07) is 17.1. The van der Waals surface area contributed by atoms with Crippen LogP contribution in [0.1, 0.15) is 15.9 Å². The molecular weight excluding hydrogens is 286 g/mol. The molecule has 0 aliphatic heterocycles. The maximum atomic E-state index is 12.5. The lowest BCUT2D eigenvalue weighted by atomic mass is 10.1. The van der Waals surface area contributed by atoms with E-state index in [-0.39, 0.29) is 12.6 Å². The number of esters is 1. The van der Waals surface area contributed by atoms with E-state index in [1.807, 2.05) is 53.4 Å². The molecule has 0 aliphatic carbocycles. The van der Waals surface area contributed by atoms with Gasteiger partial charge in [0.05, 0.1) is 11.3 Å². The zero-order valence-corrected chi connectivity index (χ0v) is 13.2. The van der Waals surface area contributed by atoms with E-state index in [1.165, 1.54) is 0 Å². The first-order valence-corrected chi connectivity index (χ1v) is 7.53. The minimum absolute atomic E-state index is 0.261. The normalized spacial score (nSPS) is 9.91. The highest BCUT2D eigenvalue weighted by atomic mass is 16.5. The topological polar surface area (TPSA) is 29.5 Å². The first-order valence-electron chi connectivity index (χ1n) is 7.53. The summed E-state index contributed by atoms with van der Waals surface area (Å²) < 4.78 is 5.44. The summed E-state index contributed by atoms with van der Waals surface area (Å²) in [5, 5.41) is 0. The Kier molecular flexibility index (Phi) is 6.18. The van der Waals surface area contributed by atoms with Crippen LogP contribution in [0.4, 0.5) is 5.69 Å². The molecule has 3 heteroatoms. The van der Waals surface area contributed by atoms with E-state index in [9.17, 15) is 4.79 Å². The molecule has 0 atom stereocenters. The van der Waals surface area contributed by atoms with Crippen LogP contribution in [-0.2, 0) is 11.3 Å². The summed E-state index contributed by atoms with van der Waals surface area (Å²) in [6.45, 7) is 9.06. The lowest BCUT2D eigenvalue weighted by Crippen LogP contribution is -2.25. The molecule has 0 radical (unpaired) electrons. The average molecular weight is 307 g/mol. The second-order valence-electron chi connectivity index (χ2n) is 5.06. The smallest absolute Gasteiger partial charge is 0.340 e. The second kappa shape index (κ2) is 8.59. The molecule has 0 unspecified atom stereocenters.